The van der Waals surface area contributed by atoms with Crippen molar-refractivity contribution in [3.8, 4) is 11.5 Å². The fraction of sp³-hybridized carbons (Fsp3) is 0.222. The molecule has 2 aromatic heterocycles. The lowest BCUT2D eigenvalue weighted by Gasteiger charge is -2.23. The fourth-order valence-corrected chi connectivity index (χ4v) is 3.02. The van der Waals surface area contributed by atoms with Crippen molar-refractivity contribution < 1.29 is 9.21 Å². The Morgan fingerprint density at radius 2 is 2.15 bits per heavy atom. The molecule has 3 rings (SSSR count). The summed E-state index contributed by atoms with van der Waals surface area (Å²) in [6.07, 6.45) is 3.19. The zero-order valence-electron chi connectivity index (χ0n) is 14.3. The second-order valence-corrected chi connectivity index (χ2v) is 6.91. The Morgan fingerprint density at radius 1 is 1.35 bits per heavy atom. The van der Waals surface area contributed by atoms with Gasteiger partial charge in [0.1, 0.15) is 0 Å². The zero-order valence-corrected chi connectivity index (χ0v) is 15.9. The molecule has 134 valence electrons. The molecule has 1 aromatic carbocycles. The van der Waals surface area contributed by atoms with E-state index < -0.39 is 0 Å². The van der Waals surface area contributed by atoms with E-state index in [-0.39, 0.29) is 18.5 Å². The molecule has 1 amide bonds. The molecule has 0 N–H and O–H groups in total. The van der Waals surface area contributed by atoms with Crippen molar-refractivity contribution in [1.82, 2.24) is 20.1 Å². The van der Waals surface area contributed by atoms with E-state index in [9.17, 15) is 4.79 Å². The van der Waals surface area contributed by atoms with Crippen molar-refractivity contribution in [2.45, 2.75) is 26.4 Å². The number of rotatable bonds is 6. The van der Waals surface area contributed by atoms with Crippen molar-refractivity contribution in [3.05, 3.63) is 57.8 Å². The van der Waals surface area contributed by atoms with Crippen LogP contribution in [0.4, 0.5) is 0 Å². The standard InChI is InChI=1S/C18H17ClN4O2S/c1-12(2)23(17(24)8-7-13-10-26-11-20-13)9-16-21-22-18(25-16)14-5-3-4-6-15(14)19/h3-8,10-12H,9H2,1-2H3/b8-7+. The molecule has 0 radical (unpaired) electrons. The first-order valence-corrected chi connectivity index (χ1v) is 9.31. The number of thiazole rings is 1. The zero-order chi connectivity index (χ0) is 18.5. The van der Waals surface area contributed by atoms with Crippen LogP contribution in [0.15, 0.2) is 45.6 Å². The summed E-state index contributed by atoms with van der Waals surface area (Å²) < 4.78 is 5.70. The summed E-state index contributed by atoms with van der Waals surface area (Å²) >= 11 is 7.64. The fourth-order valence-electron chi connectivity index (χ4n) is 2.28. The number of hydrogen-bond donors (Lipinski definition) is 0. The number of carbonyl (C=O) groups excluding carboxylic acids is 1. The van der Waals surface area contributed by atoms with Gasteiger partial charge < -0.3 is 9.32 Å². The van der Waals surface area contributed by atoms with Gasteiger partial charge >= 0.3 is 0 Å². The lowest BCUT2D eigenvalue weighted by Crippen LogP contribution is -2.35. The highest BCUT2D eigenvalue weighted by atomic mass is 35.5. The molecule has 0 saturated carbocycles. The number of amides is 1. The third-order valence-corrected chi connectivity index (χ3v) is 4.57. The maximum Gasteiger partial charge on any atom is 0.249 e. The lowest BCUT2D eigenvalue weighted by atomic mass is 10.2. The molecule has 0 fully saturated rings. The van der Waals surface area contributed by atoms with Gasteiger partial charge in [0.25, 0.3) is 0 Å². The Labute approximate surface area is 160 Å². The van der Waals surface area contributed by atoms with Gasteiger partial charge in [0.15, 0.2) is 0 Å². The molecule has 0 unspecified atom stereocenters. The number of benzene rings is 1. The average Bonchev–Trinajstić information content (AvgIpc) is 3.29. The Morgan fingerprint density at radius 3 is 2.85 bits per heavy atom. The topological polar surface area (TPSA) is 72.1 Å². The Balaban J connectivity index is 1.74. The Bertz CT molecular complexity index is 906. The van der Waals surface area contributed by atoms with Gasteiger partial charge in [0, 0.05) is 17.5 Å². The number of nitrogens with zero attached hydrogens (tertiary/aromatic N) is 4. The molecule has 0 saturated heterocycles. The van der Waals surface area contributed by atoms with E-state index in [1.807, 2.05) is 37.4 Å². The SMILES string of the molecule is CC(C)N(Cc1nnc(-c2ccccc2Cl)o1)C(=O)/C=C/c1cscn1. The summed E-state index contributed by atoms with van der Waals surface area (Å²) in [7, 11) is 0. The minimum absolute atomic E-state index is 0.0294. The van der Waals surface area contributed by atoms with Crippen LogP contribution in [0.3, 0.4) is 0 Å². The summed E-state index contributed by atoms with van der Waals surface area (Å²) in [5, 5.41) is 10.5. The van der Waals surface area contributed by atoms with Gasteiger partial charge in [-0.3, -0.25) is 4.79 Å². The van der Waals surface area contributed by atoms with Gasteiger partial charge in [-0.15, -0.1) is 21.5 Å². The predicted octanol–water partition coefficient (Wildman–Crippen LogP) is 4.30. The van der Waals surface area contributed by atoms with Gasteiger partial charge in [-0.25, -0.2) is 4.98 Å². The highest BCUT2D eigenvalue weighted by molar-refractivity contribution is 7.07. The van der Waals surface area contributed by atoms with Crippen LogP contribution in [0.25, 0.3) is 17.5 Å². The molecule has 6 nitrogen and oxygen atoms in total. The Kier molecular flexibility index (Phi) is 5.80. The van der Waals surface area contributed by atoms with Gasteiger partial charge in [0.05, 0.1) is 28.3 Å². The molecule has 0 aliphatic rings. The third kappa shape index (κ3) is 4.36. The van der Waals surface area contributed by atoms with Crippen LogP contribution >= 0.6 is 22.9 Å². The van der Waals surface area contributed by atoms with Gasteiger partial charge in [-0.05, 0) is 32.1 Å². The molecule has 2 heterocycles. The maximum absolute atomic E-state index is 12.5. The second kappa shape index (κ2) is 8.25. The molecule has 0 aliphatic heterocycles. The largest absolute Gasteiger partial charge is 0.419 e. The number of hydrogen-bond acceptors (Lipinski definition) is 6. The predicted molar refractivity (Wildman–Crippen MR) is 102 cm³/mol. The van der Waals surface area contributed by atoms with Crippen molar-refractivity contribution in [1.29, 1.82) is 0 Å². The number of carbonyl (C=O) groups is 1. The quantitative estimate of drug-likeness (QED) is 0.589. The first-order chi connectivity index (χ1) is 12.5. The highest BCUT2D eigenvalue weighted by Gasteiger charge is 2.19. The third-order valence-electron chi connectivity index (χ3n) is 3.63. The Hall–Kier alpha value is -2.51. The van der Waals surface area contributed by atoms with E-state index in [0.29, 0.717) is 22.4 Å². The van der Waals surface area contributed by atoms with Gasteiger partial charge in [-0.1, -0.05) is 23.7 Å². The molecule has 3 aromatic rings. The van der Waals surface area contributed by atoms with Crippen LogP contribution in [0, 0.1) is 0 Å². The molecular formula is C18H17ClN4O2S. The molecular weight excluding hydrogens is 372 g/mol. The van der Waals surface area contributed by atoms with E-state index in [1.54, 1.807) is 22.6 Å². The summed E-state index contributed by atoms with van der Waals surface area (Å²) in [5.74, 6) is 0.536. The highest BCUT2D eigenvalue weighted by Crippen LogP contribution is 2.26. The van der Waals surface area contributed by atoms with Crippen LogP contribution in [0.1, 0.15) is 25.4 Å². The van der Waals surface area contributed by atoms with Gasteiger partial charge in [0.2, 0.25) is 17.7 Å². The monoisotopic (exact) mass is 388 g/mol. The van der Waals surface area contributed by atoms with E-state index >= 15 is 0 Å². The van der Waals surface area contributed by atoms with Crippen LogP contribution < -0.4 is 0 Å². The summed E-state index contributed by atoms with van der Waals surface area (Å²) in [4.78, 5) is 18.3. The molecule has 8 heteroatoms. The lowest BCUT2D eigenvalue weighted by molar-refractivity contribution is -0.128. The van der Waals surface area contributed by atoms with E-state index in [4.69, 9.17) is 16.0 Å². The normalized spacial score (nSPS) is 11.4. The number of halogens is 1. The van der Waals surface area contributed by atoms with Crippen molar-refractivity contribution >= 4 is 34.9 Å². The molecule has 0 atom stereocenters. The van der Waals surface area contributed by atoms with Crippen molar-refractivity contribution in [2.75, 3.05) is 0 Å². The summed E-state index contributed by atoms with van der Waals surface area (Å²) in [6, 6.07) is 7.21. The van der Waals surface area contributed by atoms with Crippen molar-refractivity contribution in [2.24, 2.45) is 0 Å². The first kappa shape index (κ1) is 18.3. The van der Waals surface area contributed by atoms with Crippen LogP contribution in [-0.4, -0.2) is 32.0 Å². The van der Waals surface area contributed by atoms with E-state index in [1.165, 1.54) is 17.4 Å². The maximum atomic E-state index is 12.5. The minimum atomic E-state index is -0.148. The molecule has 0 aliphatic carbocycles. The van der Waals surface area contributed by atoms with Crippen LogP contribution in [0.5, 0.6) is 0 Å². The molecule has 0 bridgehead atoms. The summed E-state index contributed by atoms with van der Waals surface area (Å²) in [5.41, 5.74) is 3.14. The van der Waals surface area contributed by atoms with Crippen LogP contribution in [0.2, 0.25) is 5.02 Å². The number of aromatic nitrogens is 3. The minimum Gasteiger partial charge on any atom is -0.419 e. The van der Waals surface area contributed by atoms with Gasteiger partial charge in [-0.2, -0.15) is 0 Å². The first-order valence-electron chi connectivity index (χ1n) is 7.98. The van der Waals surface area contributed by atoms with Crippen molar-refractivity contribution in [3.63, 3.8) is 0 Å². The molecule has 0 spiro atoms. The average molecular weight is 389 g/mol. The van der Waals surface area contributed by atoms with E-state index in [2.05, 4.69) is 15.2 Å². The van der Waals surface area contributed by atoms with E-state index in [0.717, 1.165) is 5.69 Å². The summed E-state index contributed by atoms with van der Waals surface area (Å²) in [6.45, 7) is 4.08. The second-order valence-electron chi connectivity index (χ2n) is 5.79. The van der Waals surface area contributed by atoms with Crippen LogP contribution in [-0.2, 0) is 11.3 Å². The molecule has 26 heavy (non-hydrogen) atoms. The smallest absolute Gasteiger partial charge is 0.249 e.